The number of benzene rings is 1. The van der Waals surface area contributed by atoms with Gasteiger partial charge in [-0.15, -0.1) is 0 Å². The molecule has 0 bridgehead atoms. The van der Waals surface area contributed by atoms with Gasteiger partial charge in [0.15, 0.2) is 0 Å². The van der Waals surface area contributed by atoms with Crippen molar-refractivity contribution in [2.45, 2.75) is 20.0 Å². The second-order valence-electron chi connectivity index (χ2n) is 2.38. The van der Waals surface area contributed by atoms with E-state index in [1.54, 1.807) is 0 Å². The maximum atomic E-state index is 5.16. The molecule has 1 nitrogen and oxygen atoms in total. The van der Waals surface area contributed by atoms with Gasteiger partial charge in [-0.05, 0) is 17.5 Å². The molecule has 0 radical (unpaired) electrons. The van der Waals surface area contributed by atoms with Crippen molar-refractivity contribution in [1.29, 1.82) is 0 Å². The number of aryl methyl sites for hydroxylation is 1. The summed E-state index contributed by atoms with van der Waals surface area (Å²) in [5.41, 5.74) is 2.47. The first-order valence-corrected chi connectivity index (χ1v) is 3.99. The van der Waals surface area contributed by atoms with Gasteiger partial charge in [-0.1, -0.05) is 31.2 Å². The van der Waals surface area contributed by atoms with Crippen LogP contribution in [0.1, 0.15) is 18.1 Å². The van der Waals surface area contributed by atoms with Crippen LogP contribution in [-0.4, -0.2) is 0 Å². The zero-order valence-electron chi connectivity index (χ0n) is 6.51. The van der Waals surface area contributed by atoms with E-state index in [1.807, 2.05) is 18.2 Å². The molecule has 60 valence electrons. The second kappa shape index (κ2) is 4.37. The Labute approximate surface area is 72.1 Å². The molecule has 0 aliphatic heterocycles. The SMILES string of the molecule is CCc1ccccc1COCl. The molecule has 0 atom stereocenters. The smallest absolute Gasteiger partial charge is 0.0936 e. The Kier molecular flexibility index (Phi) is 3.40. The summed E-state index contributed by atoms with van der Waals surface area (Å²) in [6.07, 6.45) is 1.02. The van der Waals surface area contributed by atoms with Crippen LogP contribution < -0.4 is 0 Å². The zero-order chi connectivity index (χ0) is 8.10. The molecule has 1 aromatic rings. The highest BCUT2D eigenvalue weighted by Crippen LogP contribution is 2.10. The Morgan fingerprint density at radius 1 is 1.27 bits per heavy atom. The van der Waals surface area contributed by atoms with Gasteiger partial charge in [0.1, 0.15) is 0 Å². The van der Waals surface area contributed by atoms with Crippen molar-refractivity contribution >= 4 is 11.9 Å². The van der Waals surface area contributed by atoms with Crippen LogP contribution >= 0.6 is 11.9 Å². The predicted molar refractivity (Wildman–Crippen MR) is 46.5 cm³/mol. The Hall–Kier alpha value is -0.530. The molecule has 0 aromatic heterocycles. The lowest BCUT2D eigenvalue weighted by Gasteiger charge is -2.03. The number of rotatable bonds is 3. The Morgan fingerprint density at radius 3 is 2.45 bits per heavy atom. The first-order valence-electron chi connectivity index (χ1n) is 3.68. The molecule has 0 N–H and O–H groups in total. The molecular weight excluding hydrogens is 160 g/mol. The van der Waals surface area contributed by atoms with Crippen molar-refractivity contribution in [1.82, 2.24) is 0 Å². The standard InChI is InChI=1S/C9H11ClO/c1-2-8-5-3-4-6-9(8)7-11-10/h3-6H,2,7H2,1H3. The third-order valence-corrected chi connectivity index (χ3v) is 1.82. The van der Waals surface area contributed by atoms with Crippen molar-refractivity contribution in [3.05, 3.63) is 35.4 Å². The third-order valence-electron chi connectivity index (χ3n) is 1.71. The first-order chi connectivity index (χ1) is 5.38. The topological polar surface area (TPSA) is 9.23 Å². The van der Waals surface area contributed by atoms with Crippen LogP contribution in [0.2, 0.25) is 0 Å². The summed E-state index contributed by atoms with van der Waals surface area (Å²) in [4.78, 5) is 0. The molecule has 0 amide bonds. The largest absolute Gasteiger partial charge is 0.274 e. The fourth-order valence-corrected chi connectivity index (χ4v) is 1.22. The van der Waals surface area contributed by atoms with E-state index in [0.717, 1.165) is 6.42 Å². The number of halogens is 1. The van der Waals surface area contributed by atoms with Crippen molar-refractivity contribution in [2.75, 3.05) is 0 Å². The molecule has 1 aromatic carbocycles. The van der Waals surface area contributed by atoms with Gasteiger partial charge in [0.25, 0.3) is 0 Å². The molecule has 0 saturated heterocycles. The molecule has 0 aliphatic rings. The number of hydrogen-bond donors (Lipinski definition) is 0. The van der Waals surface area contributed by atoms with Gasteiger partial charge in [-0.3, -0.25) is 4.29 Å². The van der Waals surface area contributed by atoms with E-state index < -0.39 is 0 Å². The molecular formula is C9H11ClO. The monoisotopic (exact) mass is 170 g/mol. The molecule has 2 heteroatoms. The van der Waals surface area contributed by atoms with Crippen LogP contribution in [0.5, 0.6) is 0 Å². The first kappa shape index (κ1) is 8.57. The second-order valence-corrected chi connectivity index (χ2v) is 2.59. The highest BCUT2D eigenvalue weighted by molar-refractivity contribution is 6.07. The lowest BCUT2D eigenvalue weighted by Crippen LogP contribution is -1.91. The van der Waals surface area contributed by atoms with Crippen molar-refractivity contribution < 1.29 is 4.29 Å². The van der Waals surface area contributed by atoms with Gasteiger partial charge >= 0.3 is 0 Å². The van der Waals surface area contributed by atoms with Crippen LogP contribution in [0, 0.1) is 0 Å². The van der Waals surface area contributed by atoms with Crippen molar-refractivity contribution in [3.8, 4) is 0 Å². The average Bonchev–Trinajstić information content (AvgIpc) is 2.06. The molecule has 11 heavy (non-hydrogen) atoms. The highest BCUT2D eigenvalue weighted by atomic mass is 35.5. The lowest BCUT2D eigenvalue weighted by atomic mass is 10.1. The summed E-state index contributed by atoms with van der Waals surface area (Å²) in [5, 5.41) is 0. The quantitative estimate of drug-likeness (QED) is 0.678. The summed E-state index contributed by atoms with van der Waals surface area (Å²) in [7, 11) is 0. The maximum Gasteiger partial charge on any atom is 0.0936 e. The van der Waals surface area contributed by atoms with E-state index in [9.17, 15) is 0 Å². The van der Waals surface area contributed by atoms with Crippen LogP contribution in [-0.2, 0) is 17.3 Å². The van der Waals surface area contributed by atoms with E-state index in [1.165, 1.54) is 11.1 Å². The van der Waals surface area contributed by atoms with Crippen LogP contribution in [0.3, 0.4) is 0 Å². The molecule has 0 unspecified atom stereocenters. The van der Waals surface area contributed by atoms with Gasteiger partial charge in [0, 0.05) is 0 Å². The minimum Gasteiger partial charge on any atom is -0.274 e. The lowest BCUT2D eigenvalue weighted by molar-refractivity contribution is 0.339. The predicted octanol–water partition coefficient (Wildman–Crippen LogP) is 2.92. The van der Waals surface area contributed by atoms with Gasteiger partial charge in [-0.25, -0.2) is 0 Å². The van der Waals surface area contributed by atoms with Crippen LogP contribution in [0.15, 0.2) is 24.3 Å². The van der Waals surface area contributed by atoms with Gasteiger partial charge < -0.3 is 0 Å². The third kappa shape index (κ3) is 2.21. The van der Waals surface area contributed by atoms with E-state index in [4.69, 9.17) is 11.9 Å². The molecule has 0 spiro atoms. The van der Waals surface area contributed by atoms with E-state index >= 15 is 0 Å². The maximum absolute atomic E-state index is 5.16. The van der Waals surface area contributed by atoms with E-state index in [2.05, 4.69) is 17.3 Å². The summed E-state index contributed by atoms with van der Waals surface area (Å²) >= 11 is 5.16. The summed E-state index contributed by atoms with van der Waals surface area (Å²) in [6.45, 7) is 2.61. The molecule has 0 heterocycles. The van der Waals surface area contributed by atoms with E-state index in [-0.39, 0.29) is 0 Å². The van der Waals surface area contributed by atoms with Crippen LogP contribution in [0.25, 0.3) is 0 Å². The molecule has 0 saturated carbocycles. The molecule has 0 aliphatic carbocycles. The zero-order valence-corrected chi connectivity index (χ0v) is 7.27. The van der Waals surface area contributed by atoms with Crippen molar-refractivity contribution in [3.63, 3.8) is 0 Å². The van der Waals surface area contributed by atoms with E-state index in [0.29, 0.717) is 6.61 Å². The van der Waals surface area contributed by atoms with Crippen LogP contribution in [0.4, 0.5) is 0 Å². The fourth-order valence-electron chi connectivity index (χ4n) is 1.10. The Morgan fingerprint density at radius 2 is 1.91 bits per heavy atom. The van der Waals surface area contributed by atoms with Crippen molar-refractivity contribution in [2.24, 2.45) is 0 Å². The molecule has 1 rings (SSSR count). The minimum atomic E-state index is 0.492. The number of hydrogen-bond acceptors (Lipinski definition) is 1. The van der Waals surface area contributed by atoms with Gasteiger partial charge in [0.05, 0.1) is 18.5 Å². The summed E-state index contributed by atoms with van der Waals surface area (Å²) in [6, 6.07) is 8.13. The Bertz CT molecular complexity index is 223. The van der Waals surface area contributed by atoms with Gasteiger partial charge in [-0.2, -0.15) is 0 Å². The minimum absolute atomic E-state index is 0.492. The summed E-state index contributed by atoms with van der Waals surface area (Å²) in [5.74, 6) is 0. The molecule has 0 fully saturated rings. The fraction of sp³-hybridized carbons (Fsp3) is 0.333. The average molecular weight is 171 g/mol. The highest BCUT2D eigenvalue weighted by Gasteiger charge is 1.97. The Balaban J connectivity index is 2.83. The van der Waals surface area contributed by atoms with Gasteiger partial charge in [0.2, 0.25) is 0 Å². The summed E-state index contributed by atoms with van der Waals surface area (Å²) < 4.78 is 4.54. The normalized spacial score (nSPS) is 10.0.